The van der Waals surface area contributed by atoms with Crippen molar-refractivity contribution in [2.45, 2.75) is 0 Å². The molecular weight excluding hydrogens is 380 g/mol. The molecule has 3 rings (SSSR count). The Labute approximate surface area is 163 Å². The molecule has 1 aromatic heterocycles. The molecule has 0 spiro atoms. The quantitative estimate of drug-likeness (QED) is 0.369. The Bertz CT molecular complexity index is 1210. The van der Waals surface area contributed by atoms with E-state index in [1.54, 1.807) is 30.3 Å². The summed E-state index contributed by atoms with van der Waals surface area (Å²) in [6.45, 7) is 0. The summed E-state index contributed by atoms with van der Waals surface area (Å²) in [7, 11) is 1.39. The van der Waals surface area contributed by atoms with Gasteiger partial charge in [-0.15, -0.1) is 0 Å². The summed E-state index contributed by atoms with van der Waals surface area (Å²) in [4.78, 5) is 38.4. The molecule has 1 amide bonds. The van der Waals surface area contributed by atoms with E-state index in [1.807, 2.05) is 0 Å². The second kappa shape index (κ2) is 8.13. The van der Waals surface area contributed by atoms with Crippen LogP contribution in [0.3, 0.4) is 0 Å². The van der Waals surface area contributed by atoms with Crippen LogP contribution in [0.5, 0.6) is 17.4 Å². The van der Waals surface area contributed by atoms with Gasteiger partial charge in [0.15, 0.2) is 0 Å². The standard InChI is InChI=1S/C19H16N4O6/c1-29-15-9-5-3-7-13(15)23-18(27)12(16(25)21-19(23)28)10-20-22-17(26)11-6-2-4-8-14(11)24/h2-10,24,27H,1H3,(H,22,26)(H,21,25,28). The van der Waals surface area contributed by atoms with E-state index in [1.165, 1.54) is 25.3 Å². The van der Waals surface area contributed by atoms with Gasteiger partial charge < -0.3 is 14.9 Å². The van der Waals surface area contributed by atoms with Crippen molar-refractivity contribution in [1.82, 2.24) is 15.0 Å². The predicted octanol–water partition coefficient (Wildman–Crippen LogP) is 0.709. The van der Waals surface area contributed by atoms with Crippen LogP contribution in [0.15, 0.2) is 63.2 Å². The number of nitrogens with one attached hydrogen (secondary N) is 2. The van der Waals surface area contributed by atoms with Gasteiger partial charge in [0.05, 0.1) is 24.6 Å². The number of H-pyrrole nitrogens is 1. The smallest absolute Gasteiger partial charge is 0.335 e. The summed E-state index contributed by atoms with van der Waals surface area (Å²) >= 11 is 0. The van der Waals surface area contributed by atoms with Crippen molar-refractivity contribution in [1.29, 1.82) is 0 Å². The van der Waals surface area contributed by atoms with Crippen LogP contribution < -0.4 is 21.4 Å². The molecule has 0 unspecified atom stereocenters. The number of hydrazone groups is 1. The fraction of sp³-hybridized carbons (Fsp3) is 0.0526. The maximum Gasteiger partial charge on any atom is 0.335 e. The molecule has 3 aromatic rings. The molecule has 29 heavy (non-hydrogen) atoms. The number of amides is 1. The lowest BCUT2D eigenvalue weighted by Gasteiger charge is -2.12. The molecule has 1 heterocycles. The van der Waals surface area contributed by atoms with Crippen molar-refractivity contribution >= 4 is 12.1 Å². The first-order valence-electron chi connectivity index (χ1n) is 8.27. The van der Waals surface area contributed by atoms with Crippen LogP contribution >= 0.6 is 0 Å². The number of hydrogen-bond acceptors (Lipinski definition) is 7. The molecule has 0 aliphatic heterocycles. The summed E-state index contributed by atoms with van der Waals surface area (Å²) in [5, 5.41) is 23.8. The molecule has 10 nitrogen and oxygen atoms in total. The summed E-state index contributed by atoms with van der Waals surface area (Å²) in [6.07, 6.45) is 0.886. The fourth-order valence-corrected chi connectivity index (χ4v) is 2.57. The molecular formula is C19H16N4O6. The summed E-state index contributed by atoms with van der Waals surface area (Å²) in [5.74, 6) is -1.38. The minimum absolute atomic E-state index is 0.0261. The number of aromatic amines is 1. The predicted molar refractivity (Wildman–Crippen MR) is 104 cm³/mol. The Hall–Kier alpha value is -4.34. The van der Waals surface area contributed by atoms with Gasteiger partial charge >= 0.3 is 5.69 Å². The van der Waals surface area contributed by atoms with Crippen molar-refractivity contribution in [3.8, 4) is 23.1 Å². The zero-order valence-corrected chi connectivity index (χ0v) is 15.1. The molecule has 0 aliphatic carbocycles. The number of phenolic OH excluding ortho intramolecular Hbond substituents is 1. The van der Waals surface area contributed by atoms with E-state index < -0.39 is 23.0 Å². The molecule has 0 radical (unpaired) electrons. The van der Waals surface area contributed by atoms with Crippen molar-refractivity contribution in [2.75, 3.05) is 7.11 Å². The Morgan fingerprint density at radius 1 is 1.14 bits per heavy atom. The highest BCUT2D eigenvalue weighted by Gasteiger charge is 2.17. The lowest BCUT2D eigenvalue weighted by Crippen LogP contribution is -2.31. The van der Waals surface area contributed by atoms with E-state index in [0.717, 1.165) is 10.8 Å². The van der Waals surface area contributed by atoms with Crippen molar-refractivity contribution in [2.24, 2.45) is 5.10 Å². The van der Waals surface area contributed by atoms with E-state index in [-0.39, 0.29) is 28.3 Å². The third-order valence-electron chi connectivity index (χ3n) is 3.96. The minimum Gasteiger partial charge on any atom is -0.507 e. The number of carbonyl (C=O) groups excluding carboxylic acids is 1. The van der Waals surface area contributed by atoms with Crippen molar-refractivity contribution in [3.63, 3.8) is 0 Å². The number of aromatic hydroxyl groups is 2. The van der Waals surface area contributed by atoms with Crippen LogP contribution in [0.4, 0.5) is 0 Å². The number of hydrogen-bond donors (Lipinski definition) is 4. The van der Waals surface area contributed by atoms with Gasteiger partial charge in [0.1, 0.15) is 17.1 Å². The highest BCUT2D eigenvalue weighted by atomic mass is 16.5. The van der Waals surface area contributed by atoms with Crippen LogP contribution in [0, 0.1) is 0 Å². The van der Waals surface area contributed by atoms with Gasteiger partial charge in [-0.25, -0.2) is 14.8 Å². The number of aromatic nitrogens is 2. The van der Waals surface area contributed by atoms with Gasteiger partial charge in [0.2, 0.25) is 5.88 Å². The Balaban J connectivity index is 1.98. The van der Waals surface area contributed by atoms with Crippen molar-refractivity contribution in [3.05, 3.63) is 80.5 Å². The Kier molecular flexibility index (Phi) is 5.44. The van der Waals surface area contributed by atoms with E-state index >= 15 is 0 Å². The number of methoxy groups -OCH3 is 1. The molecule has 10 heteroatoms. The first-order chi connectivity index (χ1) is 13.9. The summed E-state index contributed by atoms with van der Waals surface area (Å²) in [6, 6.07) is 12.2. The van der Waals surface area contributed by atoms with Gasteiger partial charge in [-0.1, -0.05) is 24.3 Å². The molecule has 4 N–H and O–H groups in total. The largest absolute Gasteiger partial charge is 0.507 e. The lowest BCUT2D eigenvalue weighted by molar-refractivity contribution is 0.0952. The second-order valence-electron chi connectivity index (χ2n) is 5.72. The minimum atomic E-state index is -0.904. The second-order valence-corrected chi connectivity index (χ2v) is 5.72. The maximum absolute atomic E-state index is 12.2. The van der Waals surface area contributed by atoms with Crippen LogP contribution in [0.25, 0.3) is 5.69 Å². The molecule has 0 fully saturated rings. The molecule has 0 atom stereocenters. The van der Waals surface area contributed by atoms with E-state index in [0.29, 0.717) is 0 Å². The fourth-order valence-electron chi connectivity index (χ4n) is 2.57. The molecule has 148 valence electrons. The first-order valence-corrected chi connectivity index (χ1v) is 8.27. The van der Waals surface area contributed by atoms with Crippen LogP contribution in [0.1, 0.15) is 15.9 Å². The van der Waals surface area contributed by atoms with Crippen LogP contribution in [-0.2, 0) is 0 Å². The SMILES string of the molecule is COc1ccccc1-n1c(O)c(C=NNC(=O)c2ccccc2O)c(=O)[nH]c1=O. The highest BCUT2D eigenvalue weighted by molar-refractivity contribution is 5.97. The van der Waals surface area contributed by atoms with Crippen LogP contribution in [0.2, 0.25) is 0 Å². The van der Waals surface area contributed by atoms with Gasteiger partial charge in [-0.2, -0.15) is 5.10 Å². The van der Waals surface area contributed by atoms with Crippen molar-refractivity contribution < 1.29 is 19.7 Å². The summed E-state index contributed by atoms with van der Waals surface area (Å²) < 4.78 is 6.02. The third kappa shape index (κ3) is 3.86. The zero-order chi connectivity index (χ0) is 21.0. The lowest BCUT2D eigenvalue weighted by atomic mass is 10.2. The number of nitrogens with zero attached hydrogens (tertiary/aromatic N) is 2. The van der Waals surface area contributed by atoms with E-state index in [4.69, 9.17) is 4.74 Å². The number of ether oxygens (including phenoxy) is 1. The van der Waals surface area contributed by atoms with Gasteiger partial charge in [-0.05, 0) is 24.3 Å². The normalized spacial score (nSPS) is 10.8. The van der Waals surface area contributed by atoms with Crippen LogP contribution in [-0.4, -0.2) is 39.0 Å². The number of benzene rings is 2. The molecule has 0 aliphatic rings. The maximum atomic E-state index is 12.2. The van der Waals surface area contributed by atoms with Gasteiger partial charge in [-0.3, -0.25) is 14.6 Å². The third-order valence-corrected chi connectivity index (χ3v) is 3.96. The van der Waals surface area contributed by atoms with Gasteiger partial charge in [0.25, 0.3) is 11.5 Å². The van der Waals surface area contributed by atoms with E-state index in [9.17, 15) is 24.6 Å². The summed E-state index contributed by atoms with van der Waals surface area (Å²) in [5.41, 5.74) is 0.150. The average Bonchev–Trinajstić information content (AvgIpc) is 2.70. The average molecular weight is 396 g/mol. The number of phenols is 1. The van der Waals surface area contributed by atoms with Gasteiger partial charge in [0, 0.05) is 0 Å². The molecule has 2 aromatic carbocycles. The molecule has 0 saturated heterocycles. The molecule has 0 bridgehead atoms. The molecule has 0 saturated carbocycles. The highest BCUT2D eigenvalue weighted by Crippen LogP contribution is 2.24. The monoisotopic (exact) mass is 396 g/mol. The number of carbonyl (C=O) groups is 1. The Morgan fingerprint density at radius 2 is 1.83 bits per heavy atom. The Morgan fingerprint density at radius 3 is 2.55 bits per heavy atom. The first kappa shape index (κ1) is 19.4. The zero-order valence-electron chi connectivity index (χ0n) is 15.1. The number of rotatable bonds is 5. The topological polar surface area (TPSA) is 146 Å². The number of para-hydroxylation sites is 3. The van der Waals surface area contributed by atoms with E-state index in [2.05, 4.69) is 15.5 Å².